The Hall–Kier alpha value is -3.25. The van der Waals surface area contributed by atoms with Crippen LogP contribution in [0.4, 0.5) is 5.69 Å². The maximum Gasteiger partial charge on any atom is 0.335 e. The number of anilines is 1. The Morgan fingerprint density at radius 1 is 1.04 bits per heavy atom. The second kappa shape index (κ2) is 6.57. The molecule has 1 amide bonds. The highest BCUT2D eigenvalue weighted by atomic mass is 32.2. The molecule has 0 bridgehead atoms. The fourth-order valence-corrected chi connectivity index (χ4v) is 3.53. The molecule has 4 rings (SSSR count). The number of hydrogen-bond donors (Lipinski definition) is 2. The molecule has 1 aromatic heterocycles. The van der Waals surface area contributed by atoms with Gasteiger partial charge in [-0.25, -0.2) is 4.79 Å². The number of aromatic carboxylic acids is 1. The minimum Gasteiger partial charge on any atom is -0.478 e. The van der Waals surface area contributed by atoms with Gasteiger partial charge in [0, 0.05) is 16.5 Å². The van der Waals surface area contributed by atoms with Gasteiger partial charge >= 0.3 is 5.97 Å². The van der Waals surface area contributed by atoms with E-state index < -0.39 is 5.97 Å². The van der Waals surface area contributed by atoms with Gasteiger partial charge in [0.1, 0.15) is 11.5 Å². The molecule has 1 aliphatic rings. The Balaban J connectivity index is 1.59. The standard InChI is InChI=1S/C20H13NO4S/c22-19-18(26-17-4-2-1-3-15(17)21-19)11-14-9-10-16(25-14)12-5-7-13(8-6-12)20(23)24/h1-11H,(H,21,22)(H,23,24)/b18-11-. The number of carboxylic acid groups (broad SMARTS) is 1. The highest BCUT2D eigenvalue weighted by Gasteiger charge is 2.21. The molecular weight excluding hydrogens is 350 g/mol. The number of para-hydroxylation sites is 1. The maximum absolute atomic E-state index is 12.2. The first-order valence-electron chi connectivity index (χ1n) is 7.84. The molecule has 128 valence electrons. The molecule has 26 heavy (non-hydrogen) atoms. The summed E-state index contributed by atoms with van der Waals surface area (Å²) in [4.78, 5) is 24.7. The first kappa shape index (κ1) is 16.2. The van der Waals surface area contributed by atoms with Crippen molar-refractivity contribution >= 4 is 35.4 Å². The Morgan fingerprint density at radius 2 is 1.81 bits per heavy atom. The summed E-state index contributed by atoms with van der Waals surface area (Å²) < 4.78 is 5.79. The van der Waals surface area contributed by atoms with Gasteiger partial charge in [0.2, 0.25) is 0 Å². The lowest BCUT2D eigenvalue weighted by Gasteiger charge is -2.17. The van der Waals surface area contributed by atoms with Crippen LogP contribution in [0, 0.1) is 0 Å². The van der Waals surface area contributed by atoms with Crippen molar-refractivity contribution in [3.63, 3.8) is 0 Å². The van der Waals surface area contributed by atoms with Gasteiger partial charge in [0.15, 0.2) is 0 Å². The highest BCUT2D eigenvalue weighted by Crippen LogP contribution is 2.38. The molecule has 0 spiro atoms. The summed E-state index contributed by atoms with van der Waals surface area (Å²) in [5.74, 6) is 0.0224. The molecule has 6 heteroatoms. The Morgan fingerprint density at radius 3 is 2.58 bits per heavy atom. The fourth-order valence-electron chi connectivity index (χ4n) is 2.59. The van der Waals surface area contributed by atoms with E-state index in [4.69, 9.17) is 9.52 Å². The predicted molar refractivity (Wildman–Crippen MR) is 100 cm³/mol. The number of nitrogens with one attached hydrogen (secondary N) is 1. The van der Waals surface area contributed by atoms with Crippen LogP contribution in [0.15, 0.2) is 74.9 Å². The zero-order chi connectivity index (χ0) is 18.1. The van der Waals surface area contributed by atoms with Crippen LogP contribution in [0.1, 0.15) is 16.1 Å². The number of carboxylic acids is 1. The van der Waals surface area contributed by atoms with E-state index >= 15 is 0 Å². The third-order valence-electron chi connectivity index (χ3n) is 3.90. The second-order valence-corrected chi connectivity index (χ2v) is 6.73. The molecule has 0 fully saturated rings. The smallest absolute Gasteiger partial charge is 0.335 e. The van der Waals surface area contributed by atoms with Crippen LogP contribution in [0.3, 0.4) is 0 Å². The first-order chi connectivity index (χ1) is 12.6. The van der Waals surface area contributed by atoms with Crippen molar-refractivity contribution < 1.29 is 19.1 Å². The molecule has 0 saturated carbocycles. The number of carbonyl (C=O) groups excluding carboxylic acids is 1. The van der Waals surface area contributed by atoms with Gasteiger partial charge in [0.25, 0.3) is 5.91 Å². The first-order valence-corrected chi connectivity index (χ1v) is 8.65. The number of carbonyl (C=O) groups is 2. The molecule has 0 saturated heterocycles. The van der Waals surface area contributed by atoms with Gasteiger partial charge in [-0.05, 0) is 36.4 Å². The number of thioether (sulfide) groups is 1. The molecule has 3 aromatic rings. The van der Waals surface area contributed by atoms with Crippen LogP contribution in [0.25, 0.3) is 17.4 Å². The lowest BCUT2D eigenvalue weighted by atomic mass is 10.1. The van der Waals surface area contributed by atoms with E-state index in [0.717, 1.165) is 16.1 Å². The third-order valence-corrected chi connectivity index (χ3v) is 4.99. The summed E-state index contributed by atoms with van der Waals surface area (Å²) >= 11 is 1.39. The molecular formula is C20H13NO4S. The zero-order valence-corrected chi connectivity index (χ0v) is 14.2. The van der Waals surface area contributed by atoms with Crippen molar-refractivity contribution in [2.45, 2.75) is 4.90 Å². The van der Waals surface area contributed by atoms with Crippen LogP contribution in [-0.2, 0) is 4.79 Å². The lowest BCUT2D eigenvalue weighted by molar-refractivity contribution is -0.112. The van der Waals surface area contributed by atoms with Crippen molar-refractivity contribution in [3.8, 4) is 11.3 Å². The maximum atomic E-state index is 12.2. The molecule has 2 N–H and O–H groups in total. The largest absolute Gasteiger partial charge is 0.478 e. The number of amides is 1. The summed E-state index contributed by atoms with van der Waals surface area (Å²) in [5.41, 5.74) is 1.79. The van der Waals surface area contributed by atoms with Crippen LogP contribution in [0.5, 0.6) is 0 Å². The Bertz CT molecular complexity index is 1030. The molecule has 2 aromatic carbocycles. The average Bonchev–Trinajstić information content (AvgIpc) is 3.11. The van der Waals surface area contributed by atoms with E-state index in [9.17, 15) is 9.59 Å². The van der Waals surface area contributed by atoms with Gasteiger partial charge in [-0.3, -0.25) is 4.79 Å². The van der Waals surface area contributed by atoms with Crippen LogP contribution >= 0.6 is 11.8 Å². The molecule has 1 aliphatic heterocycles. The molecule has 0 unspecified atom stereocenters. The van der Waals surface area contributed by atoms with Crippen molar-refractivity contribution in [1.82, 2.24) is 0 Å². The van der Waals surface area contributed by atoms with Crippen molar-refractivity contribution in [2.75, 3.05) is 5.32 Å². The van der Waals surface area contributed by atoms with Gasteiger partial charge in [-0.15, -0.1) is 0 Å². The van der Waals surface area contributed by atoms with Gasteiger partial charge in [-0.2, -0.15) is 0 Å². The third kappa shape index (κ3) is 3.14. The number of benzene rings is 2. The monoisotopic (exact) mass is 363 g/mol. The van der Waals surface area contributed by atoms with E-state index in [2.05, 4.69) is 5.32 Å². The normalized spacial score (nSPS) is 14.8. The van der Waals surface area contributed by atoms with Crippen LogP contribution < -0.4 is 5.32 Å². The average molecular weight is 363 g/mol. The minimum absolute atomic E-state index is 0.169. The molecule has 0 atom stereocenters. The minimum atomic E-state index is -0.970. The Labute approximate surface area is 153 Å². The number of rotatable bonds is 3. The van der Waals surface area contributed by atoms with Crippen LogP contribution in [0.2, 0.25) is 0 Å². The van der Waals surface area contributed by atoms with Crippen molar-refractivity contribution in [3.05, 3.63) is 76.9 Å². The summed E-state index contributed by atoms with van der Waals surface area (Å²) in [5, 5.41) is 11.8. The molecule has 0 radical (unpaired) electrons. The lowest BCUT2D eigenvalue weighted by Crippen LogP contribution is -2.16. The SMILES string of the molecule is O=C1Nc2ccccc2S/C1=C\c1ccc(-c2ccc(C(=O)O)cc2)o1. The second-order valence-electron chi connectivity index (χ2n) is 5.65. The summed E-state index contributed by atoms with van der Waals surface area (Å²) in [7, 11) is 0. The van der Waals surface area contributed by atoms with Gasteiger partial charge in [-0.1, -0.05) is 36.0 Å². The van der Waals surface area contributed by atoms with E-state index in [0.29, 0.717) is 16.4 Å². The Kier molecular flexibility index (Phi) is 4.10. The predicted octanol–water partition coefficient (Wildman–Crippen LogP) is 4.73. The molecule has 5 nitrogen and oxygen atoms in total. The van der Waals surface area contributed by atoms with E-state index in [1.807, 2.05) is 24.3 Å². The quantitative estimate of drug-likeness (QED) is 0.658. The topological polar surface area (TPSA) is 79.5 Å². The fraction of sp³-hybridized carbons (Fsp3) is 0. The molecule has 0 aliphatic carbocycles. The highest BCUT2D eigenvalue weighted by molar-refractivity contribution is 8.04. The van der Waals surface area contributed by atoms with E-state index in [1.54, 1.807) is 30.3 Å². The summed E-state index contributed by atoms with van der Waals surface area (Å²) in [6, 6.07) is 17.6. The summed E-state index contributed by atoms with van der Waals surface area (Å²) in [6.45, 7) is 0. The number of fused-ring (bicyclic) bond motifs is 1. The van der Waals surface area contributed by atoms with Gasteiger partial charge in [0.05, 0.1) is 16.2 Å². The van der Waals surface area contributed by atoms with Gasteiger partial charge < -0.3 is 14.8 Å². The number of hydrogen-bond acceptors (Lipinski definition) is 4. The summed E-state index contributed by atoms with van der Waals surface area (Å²) in [6.07, 6.45) is 1.70. The zero-order valence-electron chi connectivity index (χ0n) is 13.4. The van der Waals surface area contributed by atoms with Crippen molar-refractivity contribution in [1.29, 1.82) is 0 Å². The van der Waals surface area contributed by atoms with Crippen LogP contribution in [-0.4, -0.2) is 17.0 Å². The molecule has 2 heterocycles. The van der Waals surface area contributed by atoms with Crippen molar-refractivity contribution in [2.24, 2.45) is 0 Å². The number of furan rings is 1. The van der Waals surface area contributed by atoms with E-state index in [1.165, 1.54) is 23.9 Å². The van der Waals surface area contributed by atoms with E-state index in [-0.39, 0.29) is 11.5 Å².